The van der Waals surface area contributed by atoms with Gasteiger partial charge in [0.2, 0.25) is 0 Å². The quantitative estimate of drug-likeness (QED) is 0.461. The SMILES string of the molecule is CCCCOc1ccc2c(c1)C(=O)c1cccc(OCCCN3CCCCC3)c1-2. The molecule has 0 unspecified atom stereocenters. The lowest BCUT2D eigenvalue weighted by Crippen LogP contribution is -2.31. The molecule has 4 heteroatoms. The van der Waals surface area contributed by atoms with E-state index in [1.807, 2.05) is 36.4 Å². The van der Waals surface area contributed by atoms with Gasteiger partial charge in [-0.1, -0.05) is 31.9 Å². The van der Waals surface area contributed by atoms with E-state index in [9.17, 15) is 4.79 Å². The Kier molecular flexibility index (Phi) is 6.50. The van der Waals surface area contributed by atoms with Gasteiger partial charge in [-0.3, -0.25) is 4.79 Å². The largest absolute Gasteiger partial charge is 0.494 e. The average Bonchev–Trinajstić information content (AvgIpc) is 3.05. The zero-order valence-electron chi connectivity index (χ0n) is 17.4. The van der Waals surface area contributed by atoms with Gasteiger partial charge in [-0.15, -0.1) is 0 Å². The Bertz CT molecular complexity index is 855. The highest BCUT2D eigenvalue weighted by Gasteiger charge is 2.30. The number of hydrogen-bond donors (Lipinski definition) is 0. The molecule has 4 nitrogen and oxygen atoms in total. The number of ether oxygens (including phenoxy) is 2. The molecule has 0 bridgehead atoms. The first-order valence-corrected chi connectivity index (χ1v) is 11.1. The van der Waals surface area contributed by atoms with Crippen LogP contribution >= 0.6 is 0 Å². The van der Waals surface area contributed by atoms with E-state index in [1.165, 1.54) is 32.4 Å². The van der Waals surface area contributed by atoms with Gasteiger partial charge in [-0.25, -0.2) is 0 Å². The van der Waals surface area contributed by atoms with Crippen molar-refractivity contribution in [3.63, 3.8) is 0 Å². The molecule has 29 heavy (non-hydrogen) atoms. The zero-order chi connectivity index (χ0) is 20.1. The molecule has 0 N–H and O–H groups in total. The molecule has 2 aliphatic rings. The van der Waals surface area contributed by atoms with E-state index in [0.717, 1.165) is 59.6 Å². The van der Waals surface area contributed by atoms with Crippen molar-refractivity contribution >= 4 is 5.78 Å². The van der Waals surface area contributed by atoms with Crippen molar-refractivity contribution in [3.05, 3.63) is 47.5 Å². The van der Waals surface area contributed by atoms with Crippen molar-refractivity contribution in [1.29, 1.82) is 0 Å². The summed E-state index contributed by atoms with van der Waals surface area (Å²) < 4.78 is 11.9. The van der Waals surface area contributed by atoms with Crippen LogP contribution in [0.4, 0.5) is 0 Å². The first-order valence-electron chi connectivity index (χ1n) is 11.1. The van der Waals surface area contributed by atoms with E-state index in [1.54, 1.807) is 0 Å². The van der Waals surface area contributed by atoms with E-state index < -0.39 is 0 Å². The van der Waals surface area contributed by atoms with E-state index in [-0.39, 0.29) is 5.78 Å². The number of nitrogens with zero attached hydrogens (tertiary/aromatic N) is 1. The number of piperidine rings is 1. The van der Waals surface area contributed by atoms with Gasteiger partial charge < -0.3 is 14.4 Å². The lowest BCUT2D eigenvalue weighted by Gasteiger charge is -2.26. The first-order chi connectivity index (χ1) is 14.3. The minimum absolute atomic E-state index is 0.0645. The summed E-state index contributed by atoms with van der Waals surface area (Å²) in [7, 11) is 0. The molecule has 154 valence electrons. The standard InChI is InChI=1S/C25H31NO3/c1-2-3-16-28-19-11-12-20-22(18-19)25(27)21-9-7-10-23(24(20)21)29-17-8-15-26-13-5-4-6-14-26/h7,9-12,18H,2-6,8,13-17H2,1H3. The molecule has 0 aromatic heterocycles. The van der Waals surface area contributed by atoms with Gasteiger partial charge in [-0.2, -0.15) is 0 Å². The summed E-state index contributed by atoms with van der Waals surface area (Å²) in [6.07, 6.45) is 7.11. The summed E-state index contributed by atoms with van der Waals surface area (Å²) in [6, 6.07) is 11.6. The van der Waals surface area contributed by atoms with Crippen molar-refractivity contribution in [1.82, 2.24) is 4.90 Å². The van der Waals surface area contributed by atoms with Crippen LogP contribution in [0, 0.1) is 0 Å². The van der Waals surface area contributed by atoms with Crippen LogP contribution < -0.4 is 9.47 Å². The van der Waals surface area contributed by atoms with Crippen molar-refractivity contribution in [2.75, 3.05) is 32.8 Å². The first kappa shape index (κ1) is 20.0. The van der Waals surface area contributed by atoms with Crippen LogP contribution in [0.15, 0.2) is 36.4 Å². The minimum Gasteiger partial charge on any atom is -0.494 e. The molecule has 1 aliphatic heterocycles. The predicted octanol–water partition coefficient (Wildman–Crippen LogP) is 5.33. The second kappa shape index (κ2) is 9.45. The molecule has 1 aliphatic carbocycles. The maximum Gasteiger partial charge on any atom is 0.194 e. The minimum atomic E-state index is 0.0645. The topological polar surface area (TPSA) is 38.8 Å². The van der Waals surface area contributed by atoms with Crippen LogP contribution in [0.2, 0.25) is 0 Å². The van der Waals surface area contributed by atoms with Gasteiger partial charge in [0, 0.05) is 23.2 Å². The number of carbonyl (C=O) groups excluding carboxylic acids is 1. The molecule has 4 rings (SSSR count). The van der Waals surface area contributed by atoms with Crippen LogP contribution in [0.5, 0.6) is 11.5 Å². The lowest BCUT2D eigenvalue weighted by molar-refractivity contribution is 0.104. The van der Waals surface area contributed by atoms with Gasteiger partial charge in [-0.05, 0) is 68.6 Å². The molecule has 0 saturated carbocycles. The second-order valence-corrected chi connectivity index (χ2v) is 8.02. The van der Waals surface area contributed by atoms with Crippen molar-refractivity contribution in [2.45, 2.75) is 45.4 Å². The number of rotatable bonds is 9. The van der Waals surface area contributed by atoms with E-state index in [0.29, 0.717) is 13.2 Å². The smallest absolute Gasteiger partial charge is 0.194 e. The summed E-state index contributed by atoms with van der Waals surface area (Å²) >= 11 is 0. The Morgan fingerprint density at radius 1 is 0.897 bits per heavy atom. The number of fused-ring (bicyclic) bond motifs is 3. The highest BCUT2D eigenvalue weighted by Crippen LogP contribution is 2.43. The number of likely N-dealkylation sites (tertiary alicyclic amines) is 1. The molecule has 0 atom stereocenters. The highest BCUT2D eigenvalue weighted by atomic mass is 16.5. The third-order valence-corrected chi connectivity index (χ3v) is 5.87. The Morgan fingerprint density at radius 2 is 1.72 bits per heavy atom. The van der Waals surface area contributed by atoms with Gasteiger partial charge >= 0.3 is 0 Å². The third-order valence-electron chi connectivity index (χ3n) is 5.87. The van der Waals surface area contributed by atoms with Crippen LogP contribution in [-0.4, -0.2) is 43.5 Å². The van der Waals surface area contributed by atoms with Crippen LogP contribution in [0.25, 0.3) is 11.1 Å². The van der Waals surface area contributed by atoms with Crippen LogP contribution in [-0.2, 0) is 0 Å². The Balaban J connectivity index is 1.44. The zero-order valence-corrected chi connectivity index (χ0v) is 17.4. The fourth-order valence-electron chi connectivity index (χ4n) is 4.27. The number of hydrogen-bond acceptors (Lipinski definition) is 4. The summed E-state index contributed by atoms with van der Waals surface area (Å²) in [6.45, 7) is 7.01. The average molecular weight is 394 g/mol. The van der Waals surface area contributed by atoms with Crippen LogP contribution in [0.3, 0.4) is 0 Å². The molecule has 2 aromatic rings. The van der Waals surface area contributed by atoms with E-state index in [2.05, 4.69) is 11.8 Å². The Morgan fingerprint density at radius 3 is 2.55 bits per heavy atom. The summed E-state index contributed by atoms with van der Waals surface area (Å²) in [4.78, 5) is 15.5. The number of benzene rings is 2. The summed E-state index contributed by atoms with van der Waals surface area (Å²) in [5, 5.41) is 0. The summed E-state index contributed by atoms with van der Waals surface area (Å²) in [5.41, 5.74) is 3.35. The molecule has 0 amide bonds. The molecular formula is C25H31NO3. The van der Waals surface area contributed by atoms with Crippen molar-refractivity contribution < 1.29 is 14.3 Å². The van der Waals surface area contributed by atoms with Crippen molar-refractivity contribution in [3.8, 4) is 22.6 Å². The maximum absolute atomic E-state index is 12.9. The molecule has 1 fully saturated rings. The number of unbranched alkanes of at least 4 members (excludes halogenated alkanes) is 1. The Labute approximate surface area is 173 Å². The molecule has 1 saturated heterocycles. The van der Waals surface area contributed by atoms with E-state index >= 15 is 0 Å². The highest BCUT2D eigenvalue weighted by molar-refractivity contribution is 6.22. The molecule has 2 aromatic carbocycles. The number of ketones is 1. The summed E-state index contributed by atoms with van der Waals surface area (Å²) in [5.74, 6) is 1.64. The third kappa shape index (κ3) is 4.48. The Hall–Kier alpha value is -2.33. The fraction of sp³-hybridized carbons (Fsp3) is 0.480. The van der Waals surface area contributed by atoms with Gasteiger partial charge in [0.1, 0.15) is 11.5 Å². The number of carbonyl (C=O) groups is 1. The molecule has 1 heterocycles. The second-order valence-electron chi connectivity index (χ2n) is 8.02. The predicted molar refractivity (Wildman–Crippen MR) is 116 cm³/mol. The normalized spacial score (nSPS) is 15.8. The van der Waals surface area contributed by atoms with Gasteiger partial charge in [0.05, 0.1) is 13.2 Å². The molecule has 0 radical (unpaired) electrons. The van der Waals surface area contributed by atoms with Crippen molar-refractivity contribution in [2.24, 2.45) is 0 Å². The van der Waals surface area contributed by atoms with Gasteiger partial charge in [0.15, 0.2) is 5.78 Å². The van der Waals surface area contributed by atoms with E-state index in [4.69, 9.17) is 9.47 Å². The maximum atomic E-state index is 12.9. The molecule has 0 spiro atoms. The molecular weight excluding hydrogens is 362 g/mol. The van der Waals surface area contributed by atoms with Crippen LogP contribution in [0.1, 0.15) is 61.4 Å². The van der Waals surface area contributed by atoms with Gasteiger partial charge in [0.25, 0.3) is 0 Å². The monoisotopic (exact) mass is 393 g/mol. The fourth-order valence-corrected chi connectivity index (χ4v) is 4.27. The lowest BCUT2D eigenvalue weighted by atomic mass is 10.0.